The lowest BCUT2D eigenvalue weighted by atomic mass is 9.71. The van der Waals surface area contributed by atoms with Crippen LogP contribution in [0.15, 0.2) is 0 Å². The molecule has 0 spiro atoms. The van der Waals surface area contributed by atoms with E-state index in [0.29, 0.717) is 122 Å². The van der Waals surface area contributed by atoms with Gasteiger partial charge in [0.1, 0.15) is 58.5 Å². The molecule has 15 atom stereocenters. The number of hydrogen-bond donors (Lipinski definition) is 0. The van der Waals surface area contributed by atoms with Gasteiger partial charge in [-0.25, -0.2) is 24.0 Å². The molecule has 0 N–H and O–H groups in total. The molecule has 6 aliphatic heterocycles. The summed E-state index contributed by atoms with van der Waals surface area (Å²) in [6.45, 7) is 51.4. The third-order valence-electron chi connectivity index (χ3n) is 26.9. The van der Waals surface area contributed by atoms with Crippen molar-refractivity contribution < 1.29 is 143 Å². The van der Waals surface area contributed by atoms with Gasteiger partial charge in [-0.2, -0.15) is 0 Å². The highest BCUT2D eigenvalue weighted by Gasteiger charge is 2.63. The van der Waals surface area contributed by atoms with Crippen LogP contribution >= 0.6 is 0 Å². The van der Waals surface area contributed by atoms with Gasteiger partial charge in [0.25, 0.3) is 0 Å². The van der Waals surface area contributed by atoms with Gasteiger partial charge < -0.3 is 71.1 Å². The van der Waals surface area contributed by atoms with Crippen LogP contribution in [0.3, 0.4) is 0 Å². The largest absolute Gasteiger partial charge is 0.458 e. The standard InChI is InChI=1S/C19H30O6.3C18H28O6.C17H26O6.10CH4/c1-8-16(2,3)14(21)24-17(4,5)15(22)25-18(6)10-9-12-11-19(18,7)23-13(12)20;1-7-16(2,3)14(20)24-17(4,5)15(21)22-12-10-11-8-9-18(12,6)23-13(11)19;1-7-16(2,3)14(20)23-17(4,5)15(21)24-18(6)9-8-11-10-12(18)22-13(11)19;1-7-16(2,3)14(20)24-17(4,5)15(21)22-12-9-8-11-10-18(12,6)23-13(11)19;1-6-16(2,3)14(19)23-17(4,5)15(20)22-11-8-7-10-9-12(11)21-13(10)18;;;;;;;;;;/h12H,8-11H2,1-7H3;3*11-12H,7-10H2,1-6H3;10-12H,6-9H2,1-5H3;10*1H4. The molecule has 0 aromatic rings. The normalized spacial score (nSPS) is 27.5. The molecular weight excluding hydrogens is 1680 g/mol. The summed E-state index contributed by atoms with van der Waals surface area (Å²) in [4.78, 5) is 183. The minimum Gasteiger partial charge on any atom is -0.458 e. The van der Waals surface area contributed by atoms with Crippen molar-refractivity contribution in [2.75, 3.05) is 0 Å². The predicted molar refractivity (Wildman–Crippen MR) is 497 cm³/mol. The number of carbonyl (C=O) groups excluding carboxylic acids is 15. The van der Waals surface area contributed by atoms with Crippen LogP contribution in [-0.2, 0) is 143 Å². The second-order valence-electron chi connectivity index (χ2n) is 41.1. The van der Waals surface area contributed by atoms with Gasteiger partial charge in [0.05, 0.1) is 56.7 Å². The van der Waals surface area contributed by atoms with Crippen LogP contribution in [0.1, 0.15) is 410 Å². The van der Waals surface area contributed by atoms with Gasteiger partial charge in [-0.3, -0.25) is 47.9 Å². The first kappa shape index (κ1) is 131. The molecule has 15 unspecified atom stereocenters. The number of esters is 15. The second kappa shape index (κ2) is 47.3. The van der Waals surface area contributed by atoms with Crippen LogP contribution in [0.2, 0.25) is 0 Å². The molecule has 760 valence electrons. The van der Waals surface area contributed by atoms with Gasteiger partial charge in [0.15, 0.2) is 0 Å². The highest BCUT2D eigenvalue weighted by atomic mass is 16.7. The highest BCUT2D eigenvalue weighted by Crippen LogP contribution is 2.52. The Labute approximate surface area is 782 Å². The zero-order valence-electron chi connectivity index (χ0n) is 77.2. The van der Waals surface area contributed by atoms with Gasteiger partial charge in [-0.05, 0) is 269 Å². The molecule has 11 aliphatic rings. The van der Waals surface area contributed by atoms with E-state index >= 15 is 0 Å². The topological polar surface area (TPSA) is 394 Å². The van der Waals surface area contributed by atoms with Crippen molar-refractivity contribution in [3.05, 3.63) is 0 Å². The molecule has 11 fully saturated rings. The van der Waals surface area contributed by atoms with E-state index in [1.165, 1.54) is 69.2 Å². The summed E-state index contributed by atoms with van der Waals surface area (Å²) >= 11 is 0. The maximum Gasteiger partial charge on any atom is 0.350 e. The Kier molecular flexibility index (Phi) is 47.5. The van der Waals surface area contributed by atoms with Gasteiger partial charge in [-0.1, -0.05) is 109 Å². The fourth-order valence-electron chi connectivity index (χ4n) is 14.6. The Balaban J connectivity index is -0.000000491. The average molecular weight is 1860 g/mol. The fraction of sp³-hybridized carbons (Fsp3) is 0.850. The molecule has 6 saturated heterocycles. The number of fused-ring (bicyclic) bond motifs is 11. The van der Waals surface area contributed by atoms with Crippen molar-refractivity contribution in [3.63, 3.8) is 0 Å². The second-order valence-corrected chi connectivity index (χ2v) is 41.1. The Morgan fingerprint density at radius 3 is 1.02 bits per heavy atom. The maximum atomic E-state index is 12.7. The van der Waals surface area contributed by atoms with E-state index in [1.807, 2.05) is 34.6 Å². The predicted octanol–water partition coefficient (Wildman–Crippen LogP) is 20.2. The molecular formula is C100H180O30. The summed E-state index contributed by atoms with van der Waals surface area (Å²) in [6.07, 6.45) is 9.78. The first-order valence-electron chi connectivity index (χ1n) is 42.9. The Bertz CT molecular complexity index is 3820. The van der Waals surface area contributed by atoms with Gasteiger partial charge in [0, 0.05) is 32.1 Å². The summed E-state index contributed by atoms with van der Waals surface area (Å²) in [5.41, 5.74) is -14.5. The van der Waals surface area contributed by atoms with E-state index in [0.717, 1.165) is 6.42 Å². The monoisotopic (exact) mass is 1860 g/mol. The molecule has 5 saturated carbocycles. The first-order chi connectivity index (χ1) is 54.6. The number of ether oxygens (including phenoxy) is 15. The van der Waals surface area contributed by atoms with Crippen molar-refractivity contribution in [2.45, 2.75) is 497 Å². The minimum absolute atomic E-state index is 0. The quantitative estimate of drug-likeness (QED) is 0.0605. The number of hydrogen-bond acceptors (Lipinski definition) is 30. The van der Waals surface area contributed by atoms with E-state index in [-0.39, 0.29) is 140 Å². The average Bonchev–Trinajstić information content (AvgIpc) is 1.54. The van der Waals surface area contributed by atoms with Crippen LogP contribution in [0.25, 0.3) is 0 Å². The van der Waals surface area contributed by atoms with E-state index in [9.17, 15) is 71.9 Å². The Morgan fingerprint density at radius 2 is 0.623 bits per heavy atom. The third kappa shape index (κ3) is 30.0. The molecule has 6 heterocycles. The Hall–Kier alpha value is -7.95. The molecule has 0 aromatic heterocycles. The van der Waals surface area contributed by atoms with E-state index in [2.05, 4.69) is 0 Å². The smallest absolute Gasteiger partial charge is 0.350 e. The van der Waals surface area contributed by atoms with E-state index < -0.39 is 167 Å². The fourth-order valence-corrected chi connectivity index (χ4v) is 14.6. The zero-order valence-corrected chi connectivity index (χ0v) is 77.2. The van der Waals surface area contributed by atoms with Crippen LogP contribution < -0.4 is 0 Å². The lowest BCUT2D eigenvalue weighted by Gasteiger charge is -2.48. The van der Waals surface area contributed by atoms with E-state index in [1.54, 1.807) is 104 Å². The van der Waals surface area contributed by atoms with Crippen molar-refractivity contribution in [2.24, 2.45) is 56.7 Å². The Morgan fingerprint density at radius 1 is 0.308 bits per heavy atom. The molecule has 10 bridgehead atoms. The van der Waals surface area contributed by atoms with Gasteiger partial charge in [0.2, 0.25) is 28.0 Å². The number of carbonyl (C=O) groups is 15. The zero-order chi connectivity index (χ0) is 91.7. The van der Waals surface area contributed by atoms with Crippen LogP contribution in [-0.4, -0.2) is 176 Å². The van der Waals surface area contributed by atoms with Crippen molar-refractivity contribution in [1.29, 1.82) is 0 Å². The third-order valence-corrected chi connectivity index (χ3v) is 26.9. The molecule has 30 heteroatoms. The van der Waals surface area contributed by atoms with Crippen molar-refractivity contribution in [1.82, 2.24) is 0 Å². The van der Waals surface area contributed by atoms with E-state index in [4.69, 9.17) is 71.1 Å². The molecule has 0 aromatic carbocycles. The van der Waals surface area contributed by atoms with Gasteiger partial charge >= 0.3 is 89.5 Å². The van der Waals surface area contributed by atoms with Gasteiger partial charge in [-0.15, -0.1) is 0 Å². The van der Waals surface area contributed by atoms with Crippen molar-refractivity contribution >= 4 is 89.5 Å². The van der Waals surface area contributed by atoms with Crippen LogP contribution in [0, 0.1) is 56.7 Å². The van der Waals surface area contributed by atoms with Crippen LogP contribution in [0.5, 0.6) is 0 Å². The van der Waals surface area contributed by atoms with Crippen LogP contribution in [0.4, 0.5) is 0 Å². The summed E-state index contributed by atoms with van der Waals surface area (Å²) < 4.78 is 82.2. The van der Waals surface area contributed by atoms with Crippen molar-refractivity contribution in [3.8, 4) is 0 Å². The lowest BCUT2D eigenvalue weighted by Crippen LogP contribution is -2.58. The molecule has 30 nitrogen and oxygen atoms in total. The minimum atomic E-state index is -1.41. The molecule has 0 amide bonds. The lowest BCUT2D eigenvalue weighted by molar-refractivity contribution is -0.225. The molecule has 11 rings (SSSR count). The molecule has 0 radical (unpaired) electrons. The first-order valence-corrected chi connectivity index (χ1v) is 42.9. The molecule has 130 heavy (non-hydrogen) atoms. The highest BCUT2D eigenvalue weighted by molar-refractivity contribution is 5.89. The summed E-state index contributed by atoms with van der Waals surface area (Å²) in [5, 5.41) is 0. The molecule has 5 aliphatic carbocycles. The summed E-state index contributed by atoms with van der Waals surface area (Å²) in [6, 6.07) is 0. The maximum absolute atomic E-state index is 12.7. The summed E-state index contributed by atoms with van der Waals surface area (Å²) in [5.74, 6) is -6.91. The summed E-state index contributed by atoms with van der Waals surface area (Å²) in [7, 11) is 0. The SMILES string of the molecule is C.C.C.C.C.C.C.C.C.C.CCC(C)(C)C(=O)OC(C)(C)C(=O)OC1(C)CCC2CC1(C)OC2=O.CCC(C)(C)C(=O)OC(C)(C)C(=O)OC1(C)CCC2CC1OC2=O.CCC(C)(C)C(=O)OC(C)(C)C(=O)OC1CC2CCC1(C)OC2=O.CCC(C)(C)C(=O)OC(C)(C)C(=O)OC1CCC2CC1(C)OC2=O.CCC(C)(C)C(=O)OC(C)(C)C(=O)OC1CCC2CC1OC2=O. The number of rotatable bonds is 25.